The van der Waals surface area contributed by atoms with Crippen molar-refractivity contribution in [2.75, 3.05) is 26.8 Å². The van der Waals surface area contributed by atoms with E-state index in [1.165, 1.54) is 0 Å². The fraction of sp³-hybridized carbons (Fsp3) is 0.615. The third kappa shape index (κ3) is 6.42. The Balaban J connectivity index is 2.07. The van der Waals surface area contributed by atoms with Crippen LogP contribution in [0.1, 0.15) is 19.1 Å². The van der Waals surface area contributed by atoms with Gasteiger partial charge >= 0.3 is 0 Å². The van der Waals surface area contributed by atoms with Gasteiger partial charge in [0.25, 0.3) is 0 Å². The number of aryl methyl sites for hydroxylation is 1. The first-order valence-electron chi connectivity index (χ1n) is 6.23. The van der Waals surface area contributed by atoms with E-state index in [1.807, 2.05) is 19.1 Å². The van der Waals surface area contributed by atoms with E-state index in [0.717, 1.165) is 18.6 Å². The Morgan fingerprint density at radius 1 is 1.56 bits per heavy atom. The van der Waals surface area contributed by atoms with Crippen LogP contribution in [0, 0.1) is 0 Å². The molecule has 1 aromatic heterocycles. The van der Waals surface area contributed by atoms with Crippen LogP contribution in [-0.2, 0) is 16.0 Å². The van der Waals surface area contributed by atoms with Crippen LogP contribution in [-0.4, -0.2) is 38.8 Å². The SMILES string of the molecule is COCCNCC(=O)NC(C)CCc1ccco1. The first kappa shape index (κ1) is 14.7. The number of ether oxygens (including phenoxy) is 1. The summed E-state index contributed by atoms with van der Waals surface area (Å²) < 4.78 is 10.1. The molecular formula is C13H22N2O3. The van der Waals surface area contributed by atoms with E-state index in [0.29, 0.717) is 19.7 Å². The van der Waals surface area contributed by atoms with Gasteiger partial charge in [0.05, 0.1) is 19.4 Å². The zero-order chi connectivity index (χ0) is 13.2. The van der Waals surface area contributed by atoms with E-state index < -0.39 is 0 Å². The quantitative estimate of drug-likeness (QED) is 0.644. The average molecular weight is 254 g/mol. The van der Waals surface area contributed by atoms with E-state index in [-0.39, 0.29) is 11.9 Å². The van der Waals surface area contributed by atoms with Gasteiger partial charge in [0.15, 0.2) is 0 Å². The molecule has 18 heavy (non-hydrogen) atoms. The monoisotopic (exact) mass is 254 g/mol. The number of methoxy groups -OCH3 is 1. The third-order valence-electron chi connectivity index (χ3n) is 2.58. The van der Waals surface area contributed by atoms with Gasteiger partial charge in [-0.1, -0.05) is 0 Å². The molecule has 5 heteroatoms. The Labute approximate surface area is 108 Å². The lowest BCUT2D eigenvalue weighted by Crippen LogP contribution is -2.39. The molecule has 0 aliphatic carbocycles. The van der Waals surface area contributed by atoms with Crippen molar-refractivity contribution in [2.24, 2.45) is 0 Å². The average Bonchev–Trinajstić information content (AvgIpc) is 2.85. The maximum Gasteiger partial charge on any atom is 0.234 e. The standard InChI is InChI=1S/C13H22N2O3/c1-11(5-6-12-4-3-8-18-12)15-13(16)10-14-7-9-17-2/h3-4,8,11,14H,5-7,9-10H2,1-2H3,(H,15,16). The molecule has 1 heterocycles. The molecule has 0 saturated heterocycles. The molecule has 0 aromatic carbocycles. The molecule has 0 aliphatic heterocycles. The number of hydrogen-bond donors (Lipinski definition) is 2. The molecular weight excluding hydrogens is 232 g/mol. The molecule has 0 saturated carbocycles. The minimum atomic E-state index is 0.0121. The molecule has 1 atom stereocenters. The van der Waals surface area contributed by atoms with Gasteiger partial charge in [0.2, 0.25) is 5.91 Å². The molecule has 5 nitrogen and oxygen atoms in total. The minimum Gasteiger partial charge on any atom is -0.469 e. The molecule has 0 aliphatic rings. The summed E-state index contributed by atoms with van der Waals surface area (Å²) >= 11 is 0. The minimum absolute atomic E-state index is 0.0121. The molecule has 0 spiro atoms. The van der Waals surface area contributed by atoms with Crippen molar-refractivity contribution in [3.63, 3.8) is 0 Å². The van der Waals surface area contributed by atoms with Crippen molar-refractivity contribution < 1.29 is 13.9 Å². The van der Waals surface area contributed by atoms with Gasteiger partial charge in [-0.15, -0.1) is 0 Å². The van der Waals surface area contributed by atoms with Crippen LogP contribution in [0.4, 0.5) is 0 Å². The van der Waals surface area contributed by atoms with Crippen LogP contribution in [0.5, 0.6) is 0 Å². The first-order valence-corrected chi connectivity index (χ1v) is 6.23. The number of furan rings is 1. The number of amides is 1. The number of nitrogens with one attached hydrogen (secondary N) is 2. The Morgan fingerprint density at radius 2 is 2.39 bits per heavy atom. The number of carbonyl (C=O) groups is 1. The van der Waals surface area contributed by atoms with Crippen molar-refractivity contribution in [1.29, 1.82) is 0 Å². The lowest BCUT2D eigenvalue weighted by Gasteiger charge is -2.13. The van der Waals surface area contributed by atoms with Crippen molar-refractivity contribution in [3.8, 4) is 0 Å². The molecule has 0 bridgehead atoms. The topological polar surface area (TPSA) is 63.5 Å². The highest BCUT2D eigenvalue weighted by molar-refractivity contribution is 5.78. The van der Waals surface area contributed by atoms with Gasteiger partial charge in [0.1, 0.15) is 5.76 Å². The Hall–Kier alpha value is -1.33. The maximum atomic E-state index is 11.5. The largest absolute Gasteiger partial charge is 0.469 e. The van der Waals surface area contributed by atoms with Gasteiger partial charge in [0, 0.05) is 26.1 Å². The molecule has 1 aromatic rings. The number of rotatable bonds is 9. The van der Waals surface area contributed by atoms with Crippen LogP contribution < -0.4 is 10.6 Å². The van der Waals surface area contributed by atoms with E-state index in [4.69, 9.17) is 9.15 Å². The van der Waals surface area contributed by atoms with E-state index in [9.17, 15) is 4.79 Å². The first-order chi connectivity index (χ1) is 8.72. The van der Waals surface area contributed by atoms with Gasteiger partial charge in [-0.25, -0.2) is 0 Å². The Bertz CT molecular complexity index is 325. The van der Waals surface area contributed by atoms with Gasteiger partial charge in [-0.2, -0.15) is 0 Å². The van der Waals surface area contributed by atoms with Crippen molar-refractivity contribution in [3.05, 3.63) is 24.2 Å². The highest BCUT2D eigenvalue weighted by Crippen LogP contribution is 2.05. The van der Waals surface area contributed by atoms with Crippen LogP contribution in [0.15, 0.2) is 22.8 Å². The number of carbonyl (C=O) groups excluding carboxylic acids is 1. The summed E-state index contributed by atoms with van der Waals surface area (Å²) in [5.41, 5.74) is 0. The van der Waals surface area contributed by atoms with E-state index >= 15 is 0 Å². The Morgan fingerprint density at radius 3 is 3.06 bits per heavy atom. The number of hydrogen-bond acceptors (Lipinski definition) is 4. The summed E-state index contributed by atoms with van der Waals surface area (Å²) in [6.45, 7) is 3.62. The summed E-state index contributed by atoms with van der Waals surface area (Å²) in [5, 5.41) is 5.94. The summed E-state index contributed by atoms with van der Waals surface area (Å²) in [4.78, 5) is 11.5. The van der Waals surface area contributed by atoms with Crippen LogP contribution in [0.3, 0.4) is 0 Å². The predicted octanol–water partition coefficient (Wildman–Crippen LogP) is 0.953. The van der Waals surface area contributed by atoms with Gasteiger partial charge < -0.3 is 19.8 Å². The van der Waals surface area contributed by atoms with Crippen LogP contribution in [0.25, 0.3) is 0 Å². The van der Waals surface area contributed by atoms with E-state index in [1.54, 1.807) is 13.4 Å². The molecule has 1 rings (SSSR count). The second-order valence-electron chi connectivity index (χ2n) is 4.26. The zero-order valence-corrected chi connectivity index (χ0v) is 11.1. The smallest absolute Gasteiger partial charge is 0.234 e. The summed E-state index contributed by atoms with van der Waals surface area (Å²) in [6, 6.07) is 3.96. The van der Waals surface area contributed by atoms with Crippen LogP contribution >= 0.6 is 0 Å². The third-order valence-corrected chi connectivity index (χ3v) is 2.58. The van der Waals surface area contributed by atoms with E-state index in [2.05, 4.69) is 10.6 Å². The lowest BCUT2D eigenvalue weighted by molar-refractivity contribution is -0.120. The molecule has 1 unspecified atom stereocenters. The van der Waals surface area contributed by atoms with Crippen molar-refractivity contribution in [2.45, 2.75) is 25.8 Å². The summed E-state index contributed by atoms with van der Waals surface area (Å²) in [6.07, 6.45) is 3.38. The lowest BCUT2D eigenvalue weighted by atomic mass is 10.1. The highest BCUT2D eigenvalue weighted by atomic mass is 16.5. The van der Waals surface area contributed by atoms with Gasteiger partial charge in [-0.05, 0) is 25.5 Å². The zero-order valence-electron chi connectivity index (χ0n) is 11.1. The fourth-order valence-corrected chi connectivity index (χ4v) is 1.59. The second-order valence-corrected chi connectivity index (χ2v) is 4.26. The summed E-state index contributed by atoms with van der Waals surface area (Å²) in [7, 11) is 1.64. The summed E-state index contributed by atoms with van der Waals surface area (Å²) in [5.74, 6) is 0.965. The van der Waals surface area contributed by atoms with Crippen molar-refractivity contribution >= 4 is 5.91 Å². The maximum absolute atomic E-state index is 11.5. The normalized spacial score (nSPS) is 12.3. The Kier molecular flexibility index (Phi) is 7.13. The molecule has 102 valence electrons. The molecule has 0 fully saturated rings. The molecule has 0 radical (unpaired) electrons. The van der Waals surface area contributed by atoms with Crippen LogP contribution in [0.2, 0.25) is 0 Å². The van der Waals surface area contributed by atoms with Crippen molar-refractivity contribution in [1.82, 2.24) is 10.6 Å². The fourth-order valence-electron chi connectivity index (χ4n) is 1.59. The molecule has 1 amide bonds. The predicted molar refractivity (Wildman–Crippen MR) is 69.4 cm³/mol. The molecule has 2 N–H and O–H groups in total. The van der Waals surface area contributed by atoms with Gasteiger partial charge in [-0.3, -0.25) is 4.79 Å². The highest BCUT2D eigenvalue weighted by Gasteiger charge is 2.07. The second kappa shape index (κ2) is 8.72.